The summed E-state index contributed by atoms with van der Waals surface area (Å²) in [6.45, 7) is 2.96. The summed E-state index contributed by atoms with van der Waals surface area (Å²) in [5.74, 6) is 0.696. The van der Waals surface area contributed by atoms with Gasteiger partial charge in [-0.2, -0.15) is 0 Å². The average molecular weight is 293 g/mol. The van der Waals surface area contributed by atoms with E-state index in [9.17, 15) is 0 Å². The summed E-state index contributed by atoms with van der Waals surface area (Å²) in [4.78, 5) is 15.3. The molecule has 0 N–H and O–H groups in total. The zero-order valence-electron chi connectivity index (χ0n) is 12.8. The fourth-order valence-corrected chi connectivity index (χ4v) is 2.40. The first-order chi connectivity index (χ1) is 10.8. The van der Waals surface area contributed by atoms with Crippen LogP contribution in [0.4, 0.5) is 0 Å². The number of rotatable bonds is 5. The molecule has 0 fully saturated rings. The highest BCUT2D eigenvalue weighted by atomic mass is 15.2. The first-order valence-electron chi connectivity index (χ1n) is 7.30. The Morgan fingerprint density at radius 2 is 1.77 bits per heavy atom. The lowest BCUT2D eigenvalue weighted by molar-refractivity contribution is 0.244. The summed E-state index contributed by atoms with van der Waals surface area (Å²) < 4.78 is 2.02. The lowest BCUT2D eigenvalue weighted by Gasteiger charge is -2.24. The van der Waals surface area contributed by atoms with E-state index in [0.717, 1.165) is 17.9 Å². The highest BCUT2D eigenvalue weighted by Gasteiger charge is 2.15. The van der Waals surface area contributed by atoms with Gasteiger partial charge in [-0.25, -0.2) is 9.97 Å². The van der Waals surface area contributed by atoms with Gasteiger partial charge in [-0.3, -0.25) is 14.5 Å². The van der Waals surface area contributed by atoms with Crippen LogP contribution in [-0.2, 0) is 6.54 Å². The number of aromatic nitrogens is 4. The van der Waals surface area contributed by atoms with Crippen molar-refractivity contribution in [2.24, 2.45) is 0 Å². The summed E-state index contributed by atoms with van der Waals surface area (Å²) in [6, 6.07) is 12.2. The second-order valence-electron chi connectivity index (χ2n) is 5.26. The van der Waals surface area contributed by atoms with E-state index >= 15 is 0 Å². The number of pyridine rings is 1. The monoisotopic (exact) mass is 293 g/mol. The van der Waals surface area contributed by atoms with Gasteiger partial charge in [0.15, 0.2) is 0 Å². The maximum absolute atomic E-state index is 4.44. The topological polar surface area (TPSA) is 46.8 Å². The molecule has 5 heteroatoms. The molecule has 0 aromatic carbocycles. The maximum Gasteiger partial charge on any atom is 0.233 e. The molecular formula is C17H19N5. The smallest absolute Gasteiger partial charge is 0.233 e. The molecule has 0 spiro atoms. The molecule has 112 valence electrons. The molecule has 0 amide bonds. The van der Waals surface area contributed by atoms with Gasteiger partial charge in [0.25, 0.3) is 0 Å². The summed E-state index contributed by atoms with van der Waals surface area (Å²) in [7, 11) is 2.10. The molecule has 3 aromatic heterocycles. The van der Waals surface area contributed by atoms with Crippen molar-refractivity contribution in [1.29, 1.82) is 0 Å². The van der Waals surface area contributed by atoms with Crippen molar-refractivity contribution < 1.29 is 0 Å². The molecule has 3 aromatic rings. The molecule has 3 heterocycles. The van der Waals surface area contributed by atoms with Gasteiger partial charge < -0.3 is 0 Å². The van der Waals surface area contributed by atoms with Crippen LogP contribution in [0.2, 0.25) is 0 Å². The lowest BCUT2D eigenvalue weighted by Crippen LogP contribution is -2.24. The van der Waals surface area contributed by atoms with E-state index in [1.807, 2.05) is 41.2 Å². The van der Waals surface area contributed by atoms with Gasteiger partial charge >= 0.3 is 0 Å². The molecule has 0 aliphatic carbocycles. The minimum absolute atomic E-state index is 0.237. The Hall–Kier alpha value is -2.53. The van der Waals surface area contributed by atoms with Crippen LogP contribution in [0.15, 0.2) is 61.2 Å². The second-order valence-corrected chi connectivity index (χ2v) is 5.26. The molecule has 22 heavy (non-hydrogen) atoms. The van der Waals surface area contributed by atoms with E-state index in [-0.39, 0.29) is 6.04 Å². The van der Waals surface area contributed by atoms with Crippen LogP contribution in [0.5, 0.6) is 0 Å². The third kappa shape index (κ3) is 3.04. The summed E-state index contributed by atoms with van der Waals surface area (Å²) in [5, 5.41) is 0. The largest absolute Gasteiger partial charge is 0.292 e. The van der Waals surface area contributed by atoms with Gasteiger partial charge in [0.1, 0.15) is 0 Å². The maximum atomic E-state index is 4.44. The third-order valence-corrected chi connectivity index (χ3v) is 3.79. The van der Waals surface area contributed by atoms with Crippen LogP contribution in [0.25, 0.3) is 5.95 Å². The molecule has 1 atom stereocenters. The van der Waals surface area contributed by atoms with Crippen molar-refractivity contribution in [2.75, 3.05) is 7.05 Å². The van der Waals surface area contributed by atoms with E-state index in [0.29, 0.717) is 5.95 Å². The Balaban J connectivity index is 1.78. The first kappa shape index (κ1) is 14.4. The van der Waals surface area contributed by atoms with Crippen molar-refractivity contribution in [2.45, 2.75) is 19.5 Å². The van der Waals surface area contributed by atoms with Crippen molar-refractivity contribution in [3.8, 4) is 5.95 Å². The van der Waals surface area contributed by atoms with Crippen LogP contribution in [-0.4, -0.2) is 31.5 Å². The minimum Gasteiger partial charge on any atom is -0.292 e. The van der Waals surface area contributed by atoms with E-state index in [1.54, 1.807) is 12.4 Å². The van der Waals surface area contributed by atoms with Gasteiger partial charge in [0.05, 0.1) is 5.69 Å². The van der Waals surface area contributed by atoms with E-state index in [2.05, 4.69) is 46.0 Å². The number of nitrogens with zero attached hydrogens (tertiary/aromatic N) is 5. The van der Waals surface area contributed by atoms with E-state index in [4.69, 9.17) is 0 Å². The summed E-state index contributed by atoms with van der Waals surface area (Å²) in [5.41, 5.74) is 2.22. The highest BCUT2D eigenvalue weighted by Crippen LogP contribution is 2.19. The van der Waals surface area contributed by atoms with Crippen LogP contribution in [0.1, 0.15) is 24.4 Å². The van der Waals surface area contributed by atoms with Crippen molar-refractivity contribution in [3.63, 3.8) is 0 Å². The van der Waals surface area contributed by atoms with Crippen LogP contribution in [0, 0.1) is 0 Å². The normalized spacial score (nSPS) is 12.5. The molecule has 5 nitrogen and oxygen atoms in total. The van der Waals surface area contributed by atoms with Gasteiger partial charge in [0, 0.05) is 43.1 Å². The number of hydrogen-bond acceptors (Lipinski definition) is 4. The molecule has 3 rings (SSSR count). The molecular weight excluding hydrogens is 274 g/mol. The van der Waals surface area contributed by atoms with E-state index in [1.165, 1.54) is 0 Å². The second kappa shape index (κ2) is 6.49. The molecule has 0 bridgehead atoms. The quantitative estimate of drug-likeness (QED) is 0.725. The SMILES string of the molecule is C[C@H](c1ccccn1)N(C)Cc1cccn1-c1ncccn1. The molecule has 0 aliphatic rings. The Labute approximate surface area is 130 Å². The van der Waals surface area contributed by atoms with Crippen molar-refractivity contribution >= 4 is 0 Å². The van der Waals surface area contributed by atoms with Crippen molar-refractivity contribution in [3.05, 3.63) is 72.6 Å². The summed E-state index contributed by atoms with van der Waals surface area (Å²) >= 11 is 0. The van der Waals surface area contributed by atoms with Crippen LogP contribution < -0.4 is 0 Å². The fourth-order valence-electron chi connectivity index (χ4n) is 2.40. The Morgan fingerprint density at radius 3 is 2.50 bits per heavy atom. The molecule has 0 saturated heterocycles. The summed E-state index contributed by atoms with van der Waals surface area (Å²) in [6.07, 6.45) is 7.34. The Kier molecular flexibility index (Phi) is 4.25. The van der Waals surface area contributed by atoms with Crippen LogP contribution in [0.3, 0.4) is 0 Å². The predicted octanol–water partition coefficient (Wildman–Crippen LogP) is 2.86. The van der Waals surface area contributed by atoms with Gasteiger partial charge in [0.2, 0.25) is 5.95 Å². The number of hydrogen-bond donors (Lipinski definition) is 0. The zero-order valence-corrected chi connectivity index (χ0v) is 12.8. The van der Waals surface area contributed by atoms with E-state index < -0.39 is 0 Å². The minimum atomic E-state index is 0.237. The standard InChI is InChI=1S/C17H19N5/c1-14(16-8-3-4-9-18-16)21(2)13-15-7-5-12-22(15)17-19-10-6-11-20-17/h3-12,14H,13H2,1-2H3/t14-/m1/s1. The fraction of sp³-hybridized carbons (Fsp3) is 0.235. The zero-order chi connectivity index (χ0) is 15.4. The van der Waals surface area contributed by atoms with Crippen molar-refractivity contribution in [1.82, 2.24) is 24.4 Å². The molecule has 0 aliphatic heterocycles. The molecule has 0 unspecified atom stereocenters. The van der Waals surface area contributed by atoms with Crippen LogP contribution >= 0.6 is 0 Å². The molecule has 0 saturated carbocycles. The Morgan fingerprint density at radius 1 is 1.00 bits per heavy atom. The van der Waals surface area contributed by atoms with Gasteiger partial charge in [-0.1, -0.05) is 6.07 Å². The predicted molar refractivity (Wildman–Crippen MR) is 85.5 cm³/mol. The lowest BCUT2D eigenvalue weighted by atomic mass is 10.2. The molecule has 0 radical (unpaired) electrons. The van der Waals surface area contributed by atoms with Gasteiger partial charge in [-0.05, 0) is 44.3 Å². The van der Waals surface area contributed by atoms with Gasteiger partial charge in [-0.15, -0.1) is 0 Å². The average Bonchev–Trinajstić information content (AvgIpc) is 3.04. The third-order valence-electron chi connectivity index (χ3n) is 3.79. The highest BCUT2D eigenvalue weighted by molar-refractivity contribution is 5.20. The Bertz CT molecular complexity index is 708. The first-order valence-corrected chi connectivity index (χ1v) is 7.30.